The highest BCUT2D eigenvalue weighted by atomic mass is 16.7. The van der Waals surface area contributed by atoms with Crippen molar-refractivity contribution in [1.82, 2.24) is 5.06 Å². The van der Waals surface area contributed by atoms with E-state index in [-0.39, 0.29) is 36.4 Å². The van der Waals surface area contributed by atoms with Gasteiger partial charge in [0.2, 0.25) is 0 Å². The molecule has 0 radical (unpaired) electrons. The van der Waals surface area contributed by atoms with Crippen molar-refractivity contribution >= 4 is 12.1 Å². The van der Waals surface area contributed by atoms with Crippen LogP contribution in [0.2, 0.25) is 0 Å². The molecule has 6 heteroatoms. The lowest BCUT2D eigenvalue weighted by Crippen LogP contribution is -2.50. The summed E-state index contributed by atoms with van der Waals surface area (Å²) in [6, 6.07) is 9.76. The lowest BCUT2D eigenvalue weighted by molar-refractivity contribution is -0.187. The second-order valence-electron chi connectivity index (χ2n) is 11.0. The normalized spacial score (nSPS) is 22.9. The van der Waals surface area contributed by atoms with Crippen LogP contribution in [0.1, 0.15) is 86.1 Å². The maximum atomic E-state index is 13.1. The fraction of sp³-hybridized carbons (Fsp3) is 0.714. The van der Waals surface area contributed by atoms with E-state index < -0.39 is 11.7 Å². The Hall–Kier alpha value is -2.08. The number of amides is 1. The molecule has 0 saturated heterocycles. The van der Waals surface area contributed by atoms with Gasteiger partial charge in [-0.1, -0.05) is 64.4 Å². The van der Waals surface area contributed by atoms with Crippen molar-refractivity contribution in [3.05, 3.63) is 35.9 Å². The van der Waals surface area contributed by atoms with Gasteiger partial charge in [-0.3, -0.25) is 9.63 Å². The molecule has 3 unspecified atom stereocenters. The summed E-state index contributed by atoms with van der Waals surface area (Å²) in [5.74, 6) is 0.727. The van der Waals surface area contributed by atoms with Gasteiger partial charge in [-0.05, 0) is 63.4 Å². The molecule has 2 rings (SSSR count). The van der Waals surface area contributed by atoms with Crippen molar-refractivity contribution in [2.24, 2.45) is 23.7 Å². The first kappa shape index (κ1) is 28.2. The summed E-state index contributed by atoms with van der Waals surface area (Å²) in [6.45, 7) is 14.7. The molecular weight excluding hydrogens is 430 g/mol. The zero-order chi connectivity index (χ0) is 25.3. The van der Waals surface area contributed by atoms with Crippen LogP contribution in [-0.4, -0.2) is 35.4 Å². The van der Waals surface area contributed by atoms with Gasteiger partial charge >= 0.3 is 12.1 Å². The first-order valence-electron chi connectivity index (χ1n) is 12.9. The number of rotatable bonds is 10. The fourth-order valence-corrected chi connectivity index (χ4v) is 4.59. The third-order valence-corrected chi connectivity index (χ3v) is 6.59. The van der Waals surface area contributed by atoms with Crippen LogP contribution in [0, 0.1) is 23.7 Å². The Morgan fingerprint density at radius 1 is 1.12 bits per heavy atom. The van der Waals surface area contributed by atoms with Crippen LogP contribution in [0.5, 0.6) is 0 Å². The fourth-order valence-electron chi connectivity index (χ4n) is 4.59. The van der Waals surface area contributed by atoms with E-state index >= 15 is 0 Å². The largest absolute Gasteiger partial charge is 0.462 e. The summed E-state index contributed by atoms with van der Waals surface area (Å²) in [7, 11) is 0. The SMILES string of the molecule is CCCCC(=O)OC1C(C(C)C)CCC(C)[C@H]1CN(OCc1ccccc1)C(=O)OC(C)(C)C. The predicted molar refractivity (Wildman–Crippen MR) is 134 cm³/mol. The first-order chi connectivity index (χ1) is 16.0. The third-order valence-electron chi connectivity index (χ3n) is 6.59. The maximum Gasteiger partial charge on any atom is 0.434 e. The van der Waals surface area contributed by atoms with E-state index in [1.165, 1.54) is 5.06 Å². The molecule has 1 amide bonds. The van der Waals surface area contributed by atoms with Gasteiger partial charge in [0.25, 0.3) is 0 Å². The smallest absolute Gasteiger partial charge is 0.434 e. The van der Waals surface area contributed by atoms with Crippen LogP contribution in [0.3, 0.4) is 0 Å². The van der Waals surface area contributed by atoms with Crippen molar-refractivity contribution in [2.75, 3.05) is 6.54 Å². The first-order valence-corrected chi connectivity index (χ1v) is 12.9. The quantitative estimate of drug-likeness (QED) is 0.276. The molecule has 6 nitrogen and oxygen atoms in total. The van der Waals surface area contributed by atoms with Crippen LogP contribution in [0.25, 0.3) is 0 Å². The van der Waals surface area contributed by atoms with Crippen molar-refractivity contribution in [3.8, 4) is 0 Å². The molecule has 0 spiro atoms. The predicted octanol–water partition coefficient (Wildman–Crippen LogP) is 6.78. The Labute approximate surface area is 206 Å². The van der Waals surface area contributed by atoms with Crippen LogP contribution >= 0.6 is 0 Å². The molecule has 192 valence electrons. The van der Waals surface area contributed by atoms with Gasteiger partial charge < -0.3 is 9.47 Å². The van der Waals surface area contributed by atoms with Crippen molar-refractivity contribution in [2.45, 2.75) is 98.9 Å². The molecule has 1 aliphatic rings. The van der Waals surface area contributed by atoms with E-state index in [1.807, 2.05) is 51.1 Å². The number of esters is 1. The Bertz CT molecular complexity index is 758. The summed E-state index contributed by atoms with van der Waals surface area (Å²) in [5.41, 5.74) is 0.325. The van der Waals surface area contributed by atoms with E-state index in [1.54, 1.807) is 0 Å². The molecule has 34 heavy (non-hydrogen) atoms. The molecule has 0 aliphatic heterocycles. The molecule has 0 bridgehead atoms. The molecule has 0 aromatic heterocycles. The summed E-state index contributed by atoms with van der Waals surface area (Å²) >= 11 is 0. The van der Waals surface area contributed by atoms with Crippen LogP contribution < -0.4 is 0 Å². The molecule has 1 aliphatic carbocycles. The Morgan fingerprint density at radius 2 is 1.79 bits per heavy atom. The number of hydroxylamine groups is 2. The highest BCUT2D eigenvalue weighted by Gasteiger charge is 2.43. The number of benzene rings is 1. The van der Waals surface area contributed by atoms with Crippen LogP contribution in [0.15, 0.2) is 30.3 Å². The lowest BCUT2D eigenvalue weighted by Gasteiger charge is -2.44. The Morgan fingerprint density at radius 3 is 2.38 bits per heavy atom. The number of unbranched alkanes of at least 4 members (excludes halogenated alkanes) is 1. The van der Waals surface area contributed by atoms with Gasteiger partial charge in [0.1, 0.15) is 18.3 Å². The van der Waals surface area contributed by atoms with Gasteiger partial charge in [0.15, 0.2) is 0 Å². The van der Waals surface area contributed by atoms with Gasteiger partial charge in [-0.15, -0.1) is 0 Å². The van der Waals surface area contributed by atoms with E-state index in [2.05, 4.69) is 27.7 Å². The number of hydrogen-bond donors (Lipinski definition) is 0. The maximum absolute atomic E-state index is 13.1. The van der Waals surface area contributed by atoms with E-state index in [4.69, 9.17) is 14.3 Å². The molecule has 0 heterocycles. The third kappa shape index (κ3) is 8.94. The molecular formula is C28H45NO5. The standard InChI is InChI=1S/C28H45NO5/c1-8-9-15-25(30)33-26-23(20(2)3)17-16-21(4)24(26)18-29(27(31)34-28(5,6)7)32-19-22-13-11-10-12-14-22/h10-14,20-21,23-24,26H,8-9,15-19H2,1-7H3/t21?,23?,24-,26?/m1/s1. The average Bonchev–Trinajstić information content (AvgIpc) is 2.76. The number of carbonyl (C=O) groups excluding carboxylic acids is 2. The highest BCUT2D eigenvalue weighted by Crippen LogP contribution is 2.40. The summed E-state index contributed by atoms with van der Waals surface area (Å²) < 4.78 is 11.8. The van der Waals surface area contributed by atoms with Crippen molar-refractivity contribution in [3.63, 3.8) is 0 Å². The van der Waals surface area contributed by atoms with Crippen LogP contribution in [-0.2, 0) is 25.7 Å². The molecule has 0 N–H and O–H groups in total. The van der Waals surface area contributed by atoms with Gasteiger partial charge in [0.05, 0.1) is 6.54 Å². The van der Waals surface area contributed by atoms with Crippen molar-refractivity contribution in [1.29, 1.82) is 0 Å². The molecule has 1 aromatic carbocycles. The van der Waals surface area contributed by atoms with E-state index in [9.17, 15) is 9.59 Å². The average molecular weight is 476 g/mol. The van der Waals surface area contributed by atoms with Crippen LogP contribution in [0.4, 0.5) is 4.79 Å². The zero-order valence-electron chi connectivity index (χ0n) is 22.2. The monoisotopic (exact) mass is 475 g/mol. The topological polar surface area (TPSA) is 65.1 Å². The minimum absolute atomic E-state index is 0.0324. The Balaban J connectivity index is 2.25. The molecule has 4 atom stereocenters. The minimum Gasteiger partial charge on any atom is -0.462 e. The summed E-state index contributed by atoms with van der Waals surface area (Å²) in [6.07, 6.45) is 3.47. The number of nitrogens with zero attached hydrogens (tertiary/aromatic N) is 1. The second-order valence-corrected chi connectivity index (χ2v) is 11.0. The number of ether oxygens (including phenoxy) is 2. The molecule has 1 saturated carbocycles. The zero-order valence-corrected chi connectivity index (χ0v) is 22.2. The number of hydrogen-bond acceptors (Lipinski definition) is 5. The molecule has 1 fully saturated rings. The van der Waals surface area contributed by atoms with E-state index in [0.717, 1.165) is 31.2 Å². The summed E-state index contributed by atoms with van der Waals surface area (Å²) in [4.78, 5) is 31.8. The van der Waals surface area contributed by atoms with Gasteiger partial charge in [-0.25, -0.2) is 4.79 Å². The van der Waals surface area contributed by atoms with Crippen molar-refractivity contribution < 1.29 is 23.9 Å². The lowest BCUT2D eigenvalue weighted by atomic mass is 9.69. The summed E-state index contributed by atoms with van der Waals surface area (Å²) in [5, 5.41) is 1.34. The van der Waals surface area contributed by atoms with Gasteiger partial charge in [-0.2, -0.15) is 5.06 Å². The number of carbonyl (C=O) groups is 2. The highest BCUT2D eigenvalue weighted by molar-refractivity contribution is 5.69. The second kappa shape index (κ2) is 13.1. The van der Waals surface area contributed by atoms with E-state index in [0.29, 0.717) is 18.9 Å². The molecule has 1 aromatic rings. The van der Waals surface area contributed by atoms with Gasteiger partial charge in [0, 0.05) is 12.3 Å². The minimum atomic E-state index is -0.643. The Kier molecular flexibility index (Phi) is 10.9.